The first-order valence-corrected chi connectivity index (χ1v) is 8.97. The van der Waals surface area contributed by atoms with Crippen molar-refractivity contribution < 1.29 is 14.6 Å². The van der Waals surface area contributed by atoms with Crippen molar-refractivity contribution in [1.82, 2.24) is 19.9 Å². The second-order valence-corrected chi connectivity index (χ2v) is 7.15. The first-order valence-electron chi connectivity index (χ1n) is 8.97. The van der Waals surface area contributed by atoms with E-state index in [1.165, 1.54) is 0 Å². The molecule has 7 heteroatoms. The first-order chi connectivity index (χ1) is 12.4. The lowest BCUT2D eigenvalue weighted by molar-refractivity contribution is -0.138. The van der Waals surface area contributed by atoms with Gasteiger partial charge in [-0.2, -0.15) is 0 Å². The lowest BCUT2D eigenvalue weighted by Gasteiger charge is -2.38. The van der Waals surface area contributed by atoms with Crippen molar-refractivity contribution in [3.05, 3.63) is 41.7 Å². The molecule has 0 saturated carbocycles. The van der Waals surface area contributed by atoms with Crippen LogP contribution >= 0.6 is 0 Å². The minimum absolute atomic E-state index is 0.00421. The van der Waals surface area contributed by atoms with Gasteiger partial charge in [0.05, 0.1) is 26.3 Å². The van der Waals surface area contributed by atoms with Crippen LogP contribution in [0, 0.1) is 0 Å². The van der Waals surface area contributed by atoms with Crippen molar-refractivity contribution in [3.8, 4) is 5.75 Å². The Morgan fingerprint density at radius 2 is 2.08 bits per heavy atom. The van der Waals surface area contributed by atoms with Crippen molar-refractivity contribution in [2.24, 2.45) is 0 Å². The van der Waals surface area contributed by atoms with Crippen LogP contribution in [0.4, 0.5) is 0 Å². The number of piperidine rings is 1. The lowest BCUT2D eigenvalue weighted by Crippen LogP contribution is -2.49. The zero-order valence-corrected chi connectivity index (χ0v) is 15.6. The van der Waals surface area contributed by atoms with Gasteiger partial charge in [0.1, 0.15) is 17.0 Å². The Morgan fingerprint density at radius 1 is 1.35 bits per heavy atom. The molecule has 0 unspecified atom stereocenters. The number of aliphatic hydroxyl groups is 1. The summed E-state index contributed by atoms with van der Waals surface area (Å²) in [5.74, 6) is 0.770. The summed E-state index contributed by atoms with van der Waals surface area (Å²) in [4.78, 5) is 14.4. The van der Waals surface area contributed by atoms with E-state index in [4.69, 9.17) is 4.74 Å². The summed E-state index contributed by atoms with van der Waals surface area (Å²) in [5.41, 5.74) is 0.324. The van der Waals surface area contributed by atoms with Crippen molar-refractivity contribution in [1.29, 1.82) is 0 Å². The third-order valence-electron chi connectivity index (χ3n) is 4.85. The highest BCUT2D eigenvalue weighted by molar-refractivity contribution is 5.79. The summed E-state index contributed by atoms with van der Waals surface area (Å²) < 4.78 is 6.87. The lowest BCUT2D eigenvalue weighted by atomic mass is 9.89. The fourth-order valence-corrected chi connectivity index (χ4v) is 3.23. The zero-order chi connectivity index (χ0) is 18.7. The maximum absolute atomic E-state index is 12.7. The molecule has 0 bridgehead atoms. The number of hydrogen-bond donors (Lipinski definition) is 1. The second kappa shape index (κ2) is 7.45. The van der Waals surface area contributed by atoms with Crippen LogP contribution in [0.1, 0.15) is 44.0 Å². The maximum Gasteiger partial charge on any atom is 0.227 e. The summed E-state index contributed by atoms with van der Waals surface area (Å²) in [7, 11) is 1.62. The normalized spacial score (nSPS) is 20.4. The van der Waals surface area contributed by atoms with Crippen LogP contribution in [0.25, 0.3) is 0 Å². The third kappa shape index (κ3) is 3.88. The van der Waals surface area contributed by atoms with Crippen LogP contribution in [0.3, 0.4) is 0 Å². The van der Waals surface area contributed by atoms with E-state index in [2.05, 4.69) is 10.3 Å². The number of β-amino-alcohol motifs (C(OH)–C–C–N with tert-alkyl or cyclic N) is 1. The molecule has 7 nitrogen and oxygen atoms in total. The number of benzene rings is 1. The molecule has 0 radical (unpaired) electrons. The Balaban J connectivity index is 1.69. The van der Waals surface area contributed by atoms with Gasteiger partial charge in [-0.1, -0.05) is 17.3 Å². The molecule has 1 saturated heterocycles. The van der Waals surface area contributed by atoms with Gasteiger partial charge < -0.3 is 14.7 Å². The molecular formula is C19H26N4O3. The van der Waals surface area contributed by atoms with Crippen LogP contribution in [-0.4, -0.2) is 51.1 Å². The molecular weight excluding hydrogens is 332 g/mol. The number of amides is 1. The Bertz CT molecular complexity index is 756. The van der Waals surface area contributed by atoms with Crippen molar-refractivity contribution in [3.63, 3.8) is 0 Å². The molecule has 1 N–H and O–H groups in total. The van der Waals surface area contributed by atoms with E-state index in [0.29, 0.717) is 25.1 Å². The van der Waals surface area contributed by atoms with E-state index in [1.54, 1.807) is 22.9 Å². The van der Waals surface area contributed by atoms with Gasteiger partial charge in [-0.3, -0.25) is 4.79 Å². The summed E-state index contributed by atoms with van der Waals surface area (Å²) in [5, 5.41) is 19.3. The van der Waals surface area contributed by atoms with Crippen molar-refractivity contribution in [2.75, 3.05) is 20.2 Å². The van der Waals surface area contributed by atoms with Gasteiger partial charge in [-0.05, 0) is 44.4 Å². The number of carbonyl (C=O) groups excluding carboxylic acids is 1. The van der Waals surface area contributed by atoms with Crippen LogP contribution < -0.4 is 4.74 Å². The minimum Gasteiger partial charge on any atom is -0.497 e. The Hall–Kier alpha value is -2.41. The number of aromatic nitrogens is 3. The molecule has 26 heavy (non-hydrogen) atoms. The van der Waals surface area contributed by atoms with Gasteiger partial charge in [0, 0.05) is 12.6 Å². The molecule has 0 spiro atoms. The van der Waals surface area contributed by atoms with Crippen LogP contribution in [-0.2, 0) is 16.8 Å². The second-order valence-electron chi connectivity index (χ2n) is 7.15. The van der Waals surface area contributed by atoms with E-state index in [9.17, 15) is 9.90 Å². The van der Waals surface area contributed by atoms with Crippen LogP contribution in [0.5, 0.6) is 5.75 Å². The van der Waals surface area contributed by atoms with Gasteiger partial charge >= 0.3 is 0 Å². The molecule has 2 aromatic rings. The van der Waals surface area contributed by atoms with Crippen LogP contribution in [0.2, 0.25) is 0 Å². The first kappa shape index (κ1) is 18.4. The molecule has 1 aromatic carbocycles. The summed E-state index contributed by atoms with van der Waals surface area (Å²) in [6.07, 6.45) is 3.40. The highest BCUT2D eigenvalue weighted by Crippen LogP contribution is 2.30. The highest BCUT2D eigenvalue weighted by Gasteiger charge is 2.39. The average Bonchev–Trinajstić information content (AvgIpc) is 3.14. The molecule has 0 aliphatic carbocycles. The topological polar surface area (TPSA) is 80.5 Å². The van der Waals surface area contributed by atoms with Crippen molar-refractivity contribution in [2.45, 2.75) is 44.8 Å². The standard InChI is InChI=1S/C19H26N4O3/c1-14(2)23-12-17(20-21-23)19(25)9-4-10-22(13-19)18(24)11-15-5-7-16(26-3)8-6-15/h5-8,12,14,25H,4,9-11,13H2,1-3H3/t19-/m0/s1. The van der Waals surface area contributed by atoms with Gasteiger partial charge in [0.2, 0.25) is 5.91 Å². The van der Waals surface area contributed by atoms with Gasteiger partial charge in [-0.25, -0.2) is 4.68 Å². The Labute approximate surface area is 153 Å². The van der Waals surface area contributed by atoms with E-state index in [0.717, 1.165) is 17.7 Å². The molecule has 1 amide bonds. The van der Waals surface area contributed by atoms with Gasteiger partial charge in [0.15, 0.2) is 0 Å². The fourth-order valence-electron chi connectivity index (χ4n) is 3.23. The van der Waals surface area contributed by atoms with E-state index in [1.807, 2.05) is 38.1 Å². The van der Waals surface area contributed by atoms with E-state index >= 15 is 0 Å². The quantitative estimate of drug-likeness (QED) is 0.883. The summed E-state index contributed by atoms with van der Waals surface area (Å²) in [6, 6.07) is 7.65. The predicted octanol–water partition coefficient (Wildman–Crippen LogP) is 1.92. The molecule has 1 fully saturated rings. The number of carbonyl (C=O) groups is 1. The minimum atomic E-state index is -1.14. The number of methoxy groups -OCH3 is 1. The fraction of sp³-hybridized carbons (Fsp3) is 0.526. The zero-order valence-electron chi connectivity index (χ0n) is 15.6. The molecule has 1 aliphatic rings. The van der Waals surface area contributed by atoms with Gasteiger partial charge in [-0.15, -0.1) is 5.10 Å². The Kier molecular flexibility index (Phi) is 5.27. The number of likely N-dealkylation sites (tertiary alicyclic amines) is 1. The summed E-state index contributed by atoms with van der Waals surface area (Å²) >= 11 is 0. The molecule has 1 aromatic heterocycles. The SMILES string of the molecule is COc1ccc(CC(=O)N2CCC[C@@](O)(c3cn(C(C)C)nn3)C2)cc1. The van der Waals surface area contributed by atoms with Crippen molar-refractivity contribution >= 4 is 5.91 Å². The number of rotatable bonds is 5. The molecule has 2 heterocycles. The summed E-state index contributed by atoms with van der Waals surface area (Å²) in [6.45, 7) is 4.91. The largest absolute Gasteiger partial charge is 0.497 e. The van der Waals surface area contributed by atoms with Crippen LogP contribution in [0.15, 0.2) is 30.5 Å². The molecule has 1 aliphatic heterocycles. The predicted molar refractivity (Wildman–Crippen MR) is 96.8 cm³/mol. The number of hydrogen-bond acceptors (Lipinski definition) is 5. The van der Waals surface area contributed by atoms with E-state index in [-0.39, 0.29) is 18.5 Å². The molecule has 140 valence electrons. The molecule has 3 rings (SSSR count). The number of ether oxygens (including phenoxy) is 1. The number of nitrogens with zero attached hydrogens (tertiary/aromatic N) is 4. The average molecular weight is 358 g/mol. The molecule has 1 atom stereocenters. The highest BCUT2D eigenvalue weighted by atomic mass is 16.5. The monoisotopic (exact) mass is 358 g/mol. The Morgan fingerprint density at radius 3 is 2.69 bits per heavy atom. The van der Waals surface area contributed by atoms with E-state index < -0.39 is 5.60 Å². The van der Waals surface area contributed by atoms with Gasteiger partial charge in [0.25, 0.3) is 0 Å². The smallest absolute Gasteiger partial charge is 0.227 e. The third-order valence-corrected chi connectivity index (χ3v) is 4.85. The maximum atomic E-state index is 12.7.